The van der Waals surface area contributed by atoms with Crippen LogP contribution in [0.15, 0.2) is 24.3 Å². The number of anilines is 2. The van der Waals surface area contributed by atoms with Gasteiger partial charge in [0.1, 0.15) is 0 Å². The smallest absolute Gasteiger partial charge is 0.241 e. The average molecular weight is 250 g/mol. The Morgan fingerprint density at radius 1 is 1.39 bits per heavy atom. The summed E-state index contributed by atoms with van der Waals surface area (Å²) in [5.41, 5.74) is 12.1. The van der Waals surface area contributed by atoms with Gasteiger partial charge in [-0.2, -0.15) is 0 Å². The van der Waals surface area contributed by atoms with Gasteiger partial charge in [0.05, 0.1) is 12.5 Å². The minimum absolute atomic E-state index is 0.167. The predicted octanol–water partition coefficient (Wildman–Crippen LogP) is -0.106. The van der Waals surface area contributed by atoms with Gasteiger partial charge in [-0.05, 0) is 18.2 Å². The molecule has 0 fully saturated rings. The first kappa shape index (κ1) is 14.0. The largest absolute Gasteiger partial charge is 0.378 e. The Morgan fingerprint density at radius 2 is 2.06 bits per heavy atom. The summed E-state index contributed by atoms with van der Waals surface area (Å²) in [4.78, 5) is 24.3. The van der Waals surface area contributed by atoms with Gasteiger partial charge in [-0.25, -0.2) is 0 Å². The summed E-state index contributed by atoms with van der Waals surface area (Å²) in [6, 6.07) is 6.38. The molecule has 0 radical (unpaired) electrons. The zero-order valence-corrected chi connectivity index (χ0v) is 10.5. The summed E-state index contributed by atoms with van der Waals surface area (Å²) in [5.74, 6) is -1.02. The third kappa shape index (κ3) is 4.06. The second-order valence-electron chi connectivity index (χ2n) is 4.21. The van der Waals surface area contributed by atoms with Crippen molar-refractivity contribution in [2.75, 3.05) is 24.3 Å². The topological polar surface area (TPSA) is 101 Å². The monoisotopic (exact) mass is 250 g/mol. The molecule has 0 spiro atoms. The zero-order valence-electron chi connectivity index (χ0n) is 10.5. The molecule has 1 aromatic carbocycles. The molecule has 2 amide bonds. The van der Waals surface area contributed by atoms with E-state index in [0.29, 0.717) is 5.69 Å². The number of nitrogens with one attached hydrogen (secondary N) is 1. The average Bonchev–Trinajstić information content (AvgIpc) is 2.28. The third-order valence-corrected chi connectivity index (χ3v) is 2.39. The quantitative estimate of drug-likeness (QED) is 0.678. The SMILES string of the molecule is CN(C)c1cccc(NC(=O)[C@@H](N)CC(N)=O)c1. The summed E-state index contributed by atoms with van der Waals surface area (Å²) in [5, 5.41) is 2.64. The van der Waals surface area contributed by atoms with Crippen molar-refractivity contribution in [2.45, 2.75) is 12.5 Å². The maximum absolute atomic E-state index is 11.7. The second kappa shape index (κ2) is 6.02. The normalized spacial score (nSPS) is 11.7. The fourth-order valence-electron chi connectivity index (χ4n) is 1.41. The molecule has 1 atom stereocenters. The number of primary amides is 1. The lowest BCUT2D eigenvalue weighted by molar-refractivity contribution is -0.123. The Hall–Kier alpha value is -2.08. The summed E-state index contributed by atoms with van der Waals surface area (Å²) < 4.78 is 0. The number of nitrogens with two attached hydrogens (primary N) is 2. The van der Waals surface area contributed by atoms with Gasteiger partial charge in [-0.1, -0.05) is 6.07 Å². The molecule has 0 heterocycles. The molecule has 0 aliphatic carbocycles. The van der Waals surface area contributed by atoms with E-state index in [1.165, 1.54) is 0 Å². The van der Waals surface area contributed by atoms with E-state index >= 15 is 0 Å². The van der Waals surface area contributed by atoms with Gasteiger partial charge in [0.25, 0.3) is 0 Å². The van der Waals surface area contributed by atoms with Crippen molar-refractivity contribution in [3.8, 4) is 0 Å². The van der Waals surface area contributed by atoms with Crippen LogP contribution in [0.1, 0.15) is 6.42 Å². The third-order valence-electron chi connectivity index (χ3n) is 2.39. The molecule has 6 heteroatoms. The number of amides is 2. The summed E-state index contributed by atoms with van der Waals surface area (Å²) >= 11 is 0. The Bertz CT molecular complexity index is 445. The molecule has 1 aromatic rings. The summed E-state index contributed by atoms with van der Waals surface area (Å²) in [6.45, 7) is 0. The zero-order chi connectivity index (χ0) is 13.7. The van der Waals surface area contributed by atoms with E-state index in [-0.39, 0.29) is 6.42 Å². The van der Waals surface area contributed by atoms with Gasteiger partial charge in [0, 0.05) is 25.5 Å². The predicted molar refractivity (Wildman–Crippen MR) is 71.2 cm³/mol. The van der Waals surface area contributed by atoms with E-state index in [1.807, 2.05) is 37.2 Å². The molecule has 0 saturated carbocycles. The summed E-state index contributed by atoms with van der Waals surface area (Å²) in [6.07, 6.45) is -0.167. The fraction of sp³-hybridized carbons (Fsp3) is 0.333. The molecule has 0 saturated heterocycles. The van der Waals surface area contributed by atoms with E-state index in [2.05, 4.69) is 5.32 Å². The molecule has 0 aliphatic rings. The lowest BCUT2D eigenvalue weighted by atomic mass is 10.2. The molecule has 0 aliphatic heterocycles. The van der Waals surface area contributed by atoms with Crippen molar-refractivity contribution in [2.24, 2.45) is 11.5 Å². The first-order valence-electron chi connectivity index (χ1n) is 5.52. The lowest BCUT2D eigenvalue weighted by Crippen LogP contribution is -2.39. The van der Waals surface area contributed by atoms with E-state index < -0.39 is 17.9 Å². The standard InChI is InChI=1S/C12H18N4O2/c1-16(2)9-5-3-4-8(6-9)15-12(18)10(13)7-11(14)17/h3-6,10H,7,13H2,1-2H3,(H2,14,17)(H,15,18)/t10-/m0/s1. The highest BCUT2D eigenvalue weighted by atomic mass is 16.2. The minimum atomic E-state index is -0.925. The van der Waals surface area contributed by atoms with Gasteiger partial charge >= 0.3 is 0 Å². The van der Waals surface area contributed by atoms with Crippen molar-refractivity contribution in [3.05, 3.63) is 24.3 Å². The number of benzene rings is 1. The van der Waals surface area contributed by atoms with Gasteiger partial charge in [0.2, 0.25) is 11.8 Å². The maximum atomic E-state index is 11.7. The lowest BCUT2D eigenvalue weighted by Gasteiger charge is -2.15. The number of carbonyl (C=O) groups is 2. The molecule has 6 nitrogen and oxygen atoms in total. The highest BCUT2D eigenvalue weighted by molar-refractivity contribution is 5.97. The highest BCUT2D eigenvalue weighted by Gasteiger charge is 2.16. The summed E-state index contributed by atoms with van der Waals surface area (Å²) in [7, 11) is 3.81. The molecule has 0 bridgehead atoms. The Morgan fingerprint density at radius 3 is 2.61 bits per heavy atom. The number of nitrogens with zero attached hydrogens (tertiary/aromatic N) is 1. The number of rotatable bonds is 5. The van der Waals surface area contributed by atoms with Gasteiger partial charge in [-0.15, -0.1) is 0 Å². The molecule has 18 heavy (non-hydrogen) atoms. The van der Waals surface area contributed by atoms with E-state index in [0.717, 1.165) is 5.69 Å². The molecule has 0 unspecified atom stereocenters. The van der Waals surface area contributed by atoms with Crippen LogP contribution in [0.3, 0.4) is 0 Å². The number of carbonyl (C=O) groups excluding carboxylic acids is 2. The van der Waals surface area contributed by atoms with Crippen LogP contribution in [0.4, 0.5) is 11.4 Å². The molecular formula is C12H18N4O2. The first-order chi connectivity index (χ1) is 8.40. The van der Waals surface area contributed by atoms with Crippen LogP contribution in [-0.2, 0) is 9.59 Å². The number of hydrogen-bond donors (Lipinski definition) is 3. The molecule has 98 valence electrons. The van der Waals surface area contributed by atoms with Crippen LogP contribution >= 0.6 is 0 Å². The van der Waals surface area contributed by atoms with E-state index in [4.69, 9.17) is 11.5 Å². The van der Waals surface area contributed by atoms with Gasteiger partial charge in [-0.3, -0.25) is 9.59 Å². The second-order valence-corrected chi connectivity index (χ2v) is 4.21. The Kier molecular flexibility index (Phi) is 4.67. The van der Waals surface area contributed by atoms with Gasteiger partial charge < -0.3 is 21.7 Å². The Balaban J connectivity index is 2.69. The van der Waals surface area contributed by atoms with Crippen LogP contribution < -0.4 is 21.7 Å². The molecule has 5 N–H and O–H groups in total. The maximum Gasteiger partial charge on any atom is 0.241 e. The highest BCUT2D eigenvalue weighted by Crippen LogP contribution is 2.17. The van der Waals surface area contributed by atoms with Crippen molar-refractivity contribution in [3.63, 3.8) is 0 Å². The van der Waals surface area contributed by atoms with Gasteiger partial charge in [0.15, 0.2) is 0 Å². The van der Waals surface area contributed by atoms with E-state index in [9.17, 15) is 9.59 Å². The Labute approximate surface area is 106 Å². The van der Waals surface area contributed by atoms with E-state index in [1.54, 1.807) is 6.07 Å². The van der Waals surface area contributed by atoms with Crippen LogP contribution in [0.2, 0.25) is 0 Å². The minimum Gasteiger partial charge on any atom is -0.378 e. The van der Waals surface area contributed by atoms with Crippen LogP contribution in [0.25, 0.3) is 0 Å². The molecule has 1 rings (SSSR count). The molecular weight excluding hydrogens is 232 g/mol. The number of hydrogen-bond acceptors (Lipinski definition) is 4. The van der Waals surface area contributed by atoms with Crippen molar-refractivity contribution in [1.29, 1.82) is 0 Å². The van der Waals surface area contributed by atoms with Crippen molar-refractivity contribution >= 4 is 23.2 Å². The van der Waals surface area contributed by atoms with Crippen LogP contribution in [0.5, 0.6) is 0 Å². The first-order valence-corrected chi connectivity index (χ1v) is 5.52. The fourth-order valence-corrected chi connectivity index (χ4v) is 1.41. The van der Waals surface area contributed by atoms with Crippen LogP contribution in [0, 0.1) is 0 Å². The molecule has 0 aromatic heterocycles. The van der Waals surface area contributed by atoms with Crippen molar-refractivity contribution in [1.82, 2.24) is 0 Å². The van der Waals surface area contributed by atoms with Crippen molar-refractivity contribution < 1.29 is 9.59 Å². The van der Waals surface area contributed by atoms with Crippen LogP contribution in [-0.4, -0.2) is 32.0 Å².